The van der Waals surface area contributed by atoms with E-state index in [0.29, 0.717) is 5.56 Å². The number of rotatable bonds is 1. The number of hydrazone groups is 1. The van der Waals surface area contributed by atoms with Gasteiger partial charge in [0.15, 0.2) is 5.84 Å². The Bertz CT molecular complexity index is 457. The highest BCUT2D eigenvalue weighted by Crippen LogP contribution is 2.07. The van der Waals surface area contributed by atoms with Gasteiger partial charge in [-0.05, 0) is 0 Å². The summed E-state index contributed by atoms with van der Waals surface area (Å²) in [4.78, 5) is 3.95. The summed E-state index contributed by atoms with van der Waals surface area (Å²) in [6.07, 6.45) is 6.62. The van der Waals surface area contributed by atoms with Gasteiger partial charge in [-0.1, -0.05) is 0 Å². The first kappa shape index (κ1) is 7.53. The molecular weight excluding hydrogens is 168 g/mol. The third kappa shape index (κ3) is 1.08. The first-order valence-electron chi connectivity index (χ1n) is 3.64. The van der Waals surface area contributed by atoms with E-state index in [1.54, 1.807) is 29.3 Å². The van der Waals surface area contributed by atoms with E-state index in [9.17, 15) is 0 Å². The van der Waals surface area contributed by atoms with E-state index in [2.05, 4.69) is 15.2 Å². The molecule has 0 aliphatic rings. The van der Waals surface area contributed by atoms with Crippen LogP contribution in [0.3, 0.4) is 0 Å². The molecule has 2 heterocycles. The van der Waals surface area contributed by atoms with Crippen molar-refractivity contribution in [3.05, 3.63) is 30.4 Å². The molecule has 0 saturated heterocycles. The zero-order valence-corrected chi connectivity index (χ0v) is 6.75. The zero-order valence-electron chi connectivity index (χ0n) is 6.75. The Morgan fingerprint density at radius 1 is 1.46 bits per heavy atom. The topological polar surface area (TPSA) is 94.6 Å². The number of hydrogen-bond donors (Lipinski definition) is 2. The van der Waals surface area contributed by atoms with Crippen LogP contribution < -0.4 is 11.6 Å². The monoisotopic (exact) mass is 176 g/mol. The Labute approximate surface area is 73.9 Å². The van der Waals surface area contributed by atoms with E-state index in [4.69, 9.17) is 11.6 Å². The Morgan fingerprint density at radius 2 is 2.31 bits per heavy atom. The molecule has 6 heteroatoms. The van der Waals surface area contributed by atoms with Crippen molar-refractivity contribution in [2.24, 2.45) is 16.7 Å². The van der Waals surface area contributed by atoms with Crippen LogP contribution in [-0.4, -0.2) is 20.4 Å². The lowest BCUT2D eigenvalue weighted by Crippen LogP contribution is -2.15. The Balaban J connectivity index is 2.71. The van der Waals surface area contributed by atoms with E-state index in [-0.39, 0.29) is 5.84 Å². The van der Waals surface area contributed by atoms with Crippen molar-refractivity contribution < 1.29 is 0 Å². The molecule has 2 aromatic heterocycles. The summed E-state index contributed by atoms with van der Waals surface area (Å²) < 4.78 is 1.65. The molecule has 0 aliphatic carbocycles. The maximum absolute atomic E-state index is 5.55. The van der Waals surface area contributed by atoms with Crippen LogP contribution in [0.1, 0.15) is 5.56 Å². The standard InChI is InChI=1S/C7H8N6/c8-7(12-9)5-3-11-13-2-1-10-4-6(5)13/h1-4H,9H2,(H2,8,12). The number of aromatic nitrogens is 3. The van der Waals surface area contributed by atoms with Crippen LogP contribution >= 0.6 is 0 Å². The molecule has 0 amide bonds. The molecule has 6 nitrogen and oxygen atoms in total. The van der Waals surface area contributed by atoms with Gasteiger partial charge in [-0.15, -0.1) is 0 Å². The van der Waals surface area contributed by atoms with Gasteiger partial charge in [0.25, 0.3) is 0 Å². The number of fused-ring (bicyclic) bond motifs is 1. The Hall–Kier alpha value is -2.11. The Morgan fingerprint density at radius 3 is 3.08 bits per heavy atom. The minimum absolute atomic E-state index is 0.253. The summed E-state index contributed by atoms with van der Waals surface area (Å²) in [6, 6.07) is 0. The van der Waals surface area contributed by atoms with Crippen LogP contribution in [0.4, 0.5) is 0 Å². The SMILES string of the molecule is N/N=C(/N)c1cnn2ccncc12. The summed E-state index contributed by atoms with van der Waals surface area (Å²) in [5, 5.41) is 7.44. The van der Waals surface area contributed by atoms with E-state index in [1.807, 2.05) is 0 Å². The van der Waals surface area contributed by atoms with Crippen molar-refractivity contribution in [1.29, 1.82) is 0 Å². The van der Waals surface area contributed by atoms with E-state index in [1.165, 1.54) is 0 Å². The van der Waals surface area contributed by atoms with Gasteiger partial charge in [-0.25, -0.2) is 4.52 Å². The normalized spacial score (nSPS) is 12.2. The van der Waals surface area contributed by atoms with Gasteiger partial charge >= 0.3 is 0 Å². The predicted molar refractivity (Wildman–Crippen MR) is 47.9 cm³/mol. The van der Waals surface area contributed by atoms with Gasteiger partial charge in [-0.2, -0.15) is 10.2 Å². The molecule has 0 radical (unpaired) electrons. The van der Waals surface area contributed by atoms with Gasteiger partial charge in [0.1, 0.15) is 0 Å². The zero-order chi connectivity index (χ0) is 9.26. The fourth-order valence-corrected chi connectivity index (χ4v) is 1.10. The van der Waals surface area contributed by atoms with Crippen molar-refractivity contribution in [3.8, 4) is 0 Å². The molecule has 0 aromatic carbocycles. The molecule has 66 valence electrons. The molecule has 2 rings (SSSR count). The smallest absolute Gasteiger partial charge is 0.154 e. The molecule has 0 unspecified atom stereocenters. The van der Waals surface area contributed by atoms with E-state index in [0.717, 1.165) is 5.52 Å². The Kier molecular flexibility index (Phi) is 1.59. The van der Waals surface area contributed by atoms with Crippen molar-refractivity contribution in [3.63, 3.8) is 0 Å². The summed E-state index contributed by atoms with van der Waals surface area (Å²) in [6.45, 7) is 0. The molecule has 4 N–H and O–H groups in total. The summed E-state index contributed by atoms with van der Waals surface area (Å²) in [7, 11) is 0. The first-order chi connectivity index (χ1) is 6.33. The second kappa shape index (κ2) is 2.74. The largest absolute Gasteiger partial charge is 0.382 e. The minimum Gasteiger partial charge on any atom is -0.382 e. The van der Waals surface area contributed by atoms with Crippen LogP contribution in [0, 0.1) is 0 Å². The maximum Gasteiger partial charge on any atom is 0.154 e. The van der Waals surface area contributed by atoms with Crippen LogP contribution in [-0.2, 0) is 0 Å². The molecule has 0 fully saturated rings. The molecule has 0 aliphatic heterocycles. The molecule has 13 heavy (non-hydrogen) atoms. The van der Waals surface area contributed by atoms with Gasteiger partial charge in [0, 0.05) is 12.4 Å². The number of nitrogens with two attached hydrogens (primary N) is 2. The number of nitrogens with zero attached hydrogens (tertiary/aromatic N) is 4. The molecule has 2 aromatic rings. The van der Waals surface area contributed by atoms with Gasteiger partial charge < -0.3 is 11.6 Å². The van der Waals surface area contributed by atoms with Crippen LogP contribution in [0.5, 0.6) is 0 Å². The second-order valence-corrected chi connectivity index (χ2v) is 2.48. The van der Waals surface area contributed by atoms with Crippen LogP contribution in [0.2, 0.25) is 0 Å². The molecule has 0 atom stereocenters. The lowest BCUT2D eigenvalue weighted by Gasteiger charge is -1.94. The van der Waals surface area contributed by atoms with Crippen LogP contribution in [0.25, 0.3) is 5.52 Å². The van der Waals surface area contributed by atoms with Crippen LogP contribution in [0.15, 0.2) is 29.9 Å². The number of amidine groups is 1. The second-order valence-electron chi connectivity index (χ2n) is 2.48. The average Bonchev–Trinajstić information content (AvgIpc) is 2.60. The lowest BCUT2D eigenvalue weighted by molar-refractivity contribution is 0.946. The fraction of sp³-hybridized carbons (Fsp3) is 0. The molecular formula is C7H8N6. The van der Waals surface area contributed by atoms with Crippen molar-refractivity contribution in [1.82, 2.24) is 14.6 Å². The third-order valence-electron chi connectivity index (χ3n) is 1.74. The highest BCUT2D eigenvalue weighted by Gasteiger charge is 2.06. The quantitative estimate of drug-likeness (QED) is 0.260. The van der Waals surface area contributed by atoms with E-state index < -0.39 is 0 Å². The third-order valence-corrected chi connectivity index (χ3v) is 1.74. The summed E-state index contributed by atoms with van der Waals surface area (Å²) in [5.41, 5.74) is 7.03. The number of hydrogen-bond acceptors (Lipinski definition) is 4. The lowest BCUT2D eigenvalue weighted by atomic mass is 10.3. The predicted octanol–water partition coefficient (Wildman–Crippen LogP) is -0.692. The highest BCUT2D eigenvalue weighted by molar-refractivity contribution is 6.02. The van der Waals surface area contributed by atoms with Gasteiger partial charge in [0.05, 0.1) is 23.5 Å². The molecule has 0 bridgehead atoms. The fourth-order valence-electron chi connectivity index (χ4n) is 1.10. The maximum atomic E-state index is 5.55. The summed E-state index contributed by atoms with van der Waals surface area (Å²) in [5.74, 6) is 5.31. The molecule has 0 spiro atoms. The first-order valence-corrected chi connectivity index (χ1v) is 3.64. The molecule has 0 saturated carbocycles. The van der Waals surface area contributed by atoms with E-state index >= 15 is 0 Å². The summed E-state index contributed by atoms with van der Waals surface area (Å²) >= 11 is 0. The average molecular weight is 176 g/mol. The van der Waals surface area contributed by atoms with Crippen molar-refractivity contribution in [2.45, 2.75) is 0 Å². The highest BCUT2D eigenvalue weighted by atomic mass is 15.2. The van der Waals surface area contributed by atoms with Gasteiger partial charge in [-0.3, -0.25) is 4.98 Å². The minimum atomic E-state index is 0.253. The van der Waals surface area contributed by atoms with Gasteiger partial charge in [0.2, 0.25) is 0 Å². The van der Waals surface area contributed by atoms with Crippen molar-refractivity contribution in [2.75, 3.05) is 0 Å². The van der Waals surface area contributed by atoms with Crippen molar-refractivity contribution >= 4 is 11.4 Å².